The second kappa shape index (κ2) is 5.50. The van der Waals surface area contributed by atoms with E-state index in [1.54, 1.807) is 11.3 Å². The van der Waals surface area contributed by atoms with Crippen LogP contribution in [0, 0.1) is 16.7 Å². The summed E-state index contributed by atoms with van der Waals surface area (Å²) in [6, 6.07) is 6.44. The number of carbonyl (C=O) groups excluding carboxylic acids is 1. The van der Waals surface area contributed by atoms with Crippen molar-refractivity contribution in [2.75, 3.05) is 6.54 Å². The zero-order valence-electron chi connectivity index (χ0n) is 12.9. The van der Waals surface area contributed by atoms with Crippen molar-refractivity contribution >= 4 is 17.2 Å². The normalized spacial score (nSPS) is 19.3. The highest BCUT2D eigenvalue weighted by Crippen LogP contribution is 2.40. The number of nitrogens with zero attached hydrogens (tertiary/aromatic N) is 4. The third-order valence-electron chi connectivity index (χ3n) is 5.01. The average Bonchev–Trinajstić information content (AvgIpc) is 3.32. The molecule has 118 valence electrons. The van der Waals surface area contributed by atoms with E-state index < -0.39 is 5.41 Å². The highest BCUT2D eigenvalue weighted by atomic mass is 32.1. The first-order valence-electron chi connectivity index (χ1n) is 8.02. The Labute approximate surface area is 139 Å². The maximum absolute atomic E-state index is 12.9. The zero-order chi connectivity index (χ0) is 15.9. The van der Waals surface area contributed by atoms with Gasteiger partial charge in [-0.3, -0.25) is 4.79 Å². The van der Waals surface area contributed by atoms with Crippen molar-refractivity contribution in [2.24, 2.45) is 5.41 Å². The molecule has 0 unspecified atom stereocenters. The number of thiophene rings is 1. The summed E-state index contributed by atoms with van der Waals surface area (Å²) in [5.74, 6) is 0.920. The molecule has 23 heavy (non-hydrogen) atoms. The Bertz CT molecular complexity index is 765. The fourth-order valence-electron chi connectivity index (χ4n) is 3.71. The third-order valence-corrected chi connectivity index (χ3v) is 5.90. The van der Waals surface area contributed by atoms with E-state index in [1.165, 1.54) is 4.88 Å². The summed E-state index contributed by atoms with van der Waals surface area (Å²) in [6.07, 6.45) is 5.25. The van der Waals surface area contributed by atoms with Crippen molar-refractivity contribution in [3.63, 3.8) is 0 Å². The van der Waals surface area contributed by atoms with Gasteiger partial charge in [-0.2, -0.15) is 5.26 Å². The quantitative estimate of drug-likeness (QED) is 0.852. The number of imidazole rings is 1. The molecule has 2 aromatic rings. The molecule has 4 rings (SSSR count). The second-order valence-corrected chi connectivity index (χ2v) is 7.26. The van der Waals surface area contributed by atoms with Crippen molar-refractivity contribution < 1.29 is 4.79 Å². The molecule has 1 amide bonds. The lowest BCUT2D eigenvalue weighted by Gasteiger charge is -2.33. The Kier molecular flexibility index (Phi) is 3.46. The van der Waals surface area contributed by atoms with Crippen molar-refractivity contribution in [3.05, 3.63) is 29.5 Å². The number of nitriles is 1. The van der Waals surface area contributed by atoms with Gasteiger partial charge >= 0.3 is 0 Å². The first-order chi connectivity index (χ1) is 11.2. The molecule has 0 atom stereocenters. The molecule has 5 nitrogen and oxygen atoms in total. The molecule has 0 N–H and O–H groups in total. The maximum atomic E-state index is 12.9. The van der Waals surface area contributed by atoms with Gasteiger partial charge in [-0.1, -0.05) is 18.9 Å². The predicted molar refractivity (Wildman–Crippen MR) is 87.5 cm³/mol. The highest BCUT2D eigenvalue weighted by molar-refractivity contribution is 7.13. The molecule has 1 saturated carbocycles. The van der Waals surface area contributed by atoms with E-state index in [0.717, 1.165) is 30.9 Å². The van der Waals surface area contributed by atoms with Crippen LogP contribution in [0.15, 0.2) is 23.7 Å². The van der Waals surface area contributed by atoms with E-state index in [0.29, 0.717) is 25.9 Å². The Morgan fingerprint density at radius 2 is 2.17 bits per heavy atom. The largest absolute Gasteiger partial charge is 0.332 e. The molecule has 2 aliphatic rings. The van der Waals surface area contributed by atoms with Crippen LogP contribution in [0.1, 0.15) is 31.5 Å². The first-order valence-corrected chi connectivity index (χ1v) is 8.90. The minimum absolute atomic E-state index is 0.00410. The van der Waals surface area contributed by atoms with E-state index >= 15 is 0 Å². The molecule has 0 spiro atoms. The number of hydrogen-bond donors (Lipinski definition) is 0. The highest BCUT2D eigenvalue weighted by Gasteiger charge is 2.44. The van der Waals surface area contributed by atoms with E-state index in [-0.39, 0.29) is 5.91 Å². The van der Waals surface area contributed by atoms with Crippen LogP contribution in [-0.2, 0) is 17.9 Å². The Hall–Kier alpha value is -2.13. The van der Waals surface area contributed by atoms with Crippen LogP contribution >= 0.6 is 11.3 Å². The maximum Gasteiger partial charge on any atom is 0.243 e. The lowest BCUT2D eigenvalue weighted by atomic mass is 9.86. The molecule has 2 aromatic heterocycles. The van der Waals surface area contributed by atoms with Gasteiger partial charge in [-0.05, 0) is 24.3 Å². The fourth-order valence-corrected chi connectivity index (χ4v) is 4.45. The number of aromatic nitrogens is 2. The van der Waals surface area contributed by atoms with Crippen LogP contribution in [0.5, 0.6) is 0 Å². The van der Waals surface area contributed by atoms with Gasteiger partial charge in [0.2, 0.25) is 5.91 Å². The Morgan fingerprint density at radius 1 is 1.35 bits per heavy atom. The molecule has 1 aliphatic carbocycles. The SMILES string of the molecule is N#CC1(C(=O)N2CCn3c(-c4cccs4)cnc3C2)CCCC1. The average molecular weight is 326 g/mol. The number of rotatable bonds is 2. The first kappa shape index (κ1) is 14.5. The third kappa shape index (κ3) is 2.27. The summed E-state index contributed by atoms with van der Waals surface area (Å²) in [4.78, 5) is 20.4. The lowest BCUT2D eigenvalue weighted by molar-refractivity contribution is -0.140. The van der Waals surface area contributed by atoms with Gasteiger partial charge in [0, 0.05) is 13.1 Å². The van der Waals surface area contributed by atoms with E-state index in [4.69, 9.17) is 0 Å². The molecule has 0 bridgehead atoms. The van der Waals surface area contributed by atoms with E-state index in [2.05, 4.69) is 27.1 Å². The number of amides is 1. The van der Waals surface area contributed by atoms with Crippen LogP contribution in [0.3, 0.4) is 0 Å². The van der Waals surface area contributed by atoms with Crippen LogP contribution in [0.25, 0.3) is 10.6 Å². The van der Waals surface area contributed by atoms with Gasteiger partial charge in [0.15, 0.2) is 0 Å². The van der Waals surface area contributed by atoms with Crippen LogP contribution in [0.2, 0.25) is 0 Å². The molecular formula is C17H18N4OS. The summed E-state index contributed by atoms with van der Waals surface area (Å²) in [5.41, 5.74) is 0.337. The van der Waals surface area contributed by atoms with Gasteiger partial charge in [0.25, 0.3) is 0 Å². The number of fused-ring (bicyclic) bond motifs is 1. The standard InChI is InChI=1S/C17H18N4OS/c18-12-17(5-1-2-6-17)16(22)20-7-8-21-13(10-19-15(21)11-20)14-4-3-9-23-14/h3-4,9-10H,1-2,5-8,11H2. The van der Waals surface area contributed by atoms with Crippen molar-refractivity contribution in [2.45, 2.75) is 38.8 Å². The molecule has 0 saturated heterocycles. The molecular weight excluding hydrogens is 308 g/mol. The number of hydrogen-bond acceptors (Lipinski definition) is 4. The van der Waals surface area contributed by atoms with Crippen molar-refractivity contribution in [1.29, 1.82) is 5.26 Å². The zero-order valence-corrected chi connectivity index (χ0v) is 13.7. The van der Waals surface area contributed by atoms with Gasteiger partial charge in [0.1, 0.15) is 11.2 Å². The van der Waals surface area contributed by atoms with E-state index in [9.17, 15) is 10.1 Å². The second-order valence-electron chi connectivity index (χ2n) is 6.32. The van der Waals surface area contributed by atoms with Gasteiger partial charge < -0.3 is 9.47 Å². The van der Waals surface area contributed by atoms with E-state index in [1.807, 2.05) is 17.2 Å². The summed E-state index contributed by atoms with van der Waals surface area (Å²) in [5, 5.41) is 11.6. The molecule has 0 aromatic carbocycles. The smallest absolute Gasteiger partial charge is 0.243 e. The molecule has 3 heterocycles. The molecule has 6 heteroatoms. The number of carbonyl (C=O) groups is 1. The van der Waals surface area contributed by atoms with Crippen molar-refractivity contribution in [1.82, 2.24) is 14.5 Å². The van der Waals surface area contributed by atoms with Crippen LogP contribution in [0.4, 0.5) is 0 Å². The fraction of sp³-hybridized carbons (Fsp3) is 0.471. The minimum atomic E-state index is -0.786. The predicted octanol–water partition coefficient (Wildman–Crippen LogP) is 3.04. The van der Waals surface area contributed by atoms with Crippen LogP contribution < -0.4 is 0 Å². The topological polar surface area (TPSA) is 61.9 Å². The lowest BCUT2D eigenvalue weighted by Crippen LogP contribution is -2.45. The summed E-state index contributed by atoms with van der Waals surface area (Å²) >= 11 is 1.70. The summed E-state index contributed by atoms with van der Waals surface area (Å²) in [6.45, 7) is 1.91. The monoisotopic (exact) mass is 326 g/mol. The summed E-state index contributed by atoms with van der Waals surface area (Å²) in [7, 11) is 0. The van der Waals surface area contributed by atoms with Crippen molar-refractivity contribution in [3.8, 4) is 16.6 Å². The van der Waals surface area contributed by atoms with Gasteiger partial charge in [-0.25, -0.2) is 4.98 Å². The Balaban J connectivity index is 1.58. The minimum Gasteiger partial charge on any atom is -0.332 e. The molecule has 1 fully saturated rings. The van der Waals surface area contributed by atoms with Crippen LogP contribution in [-0.4, -0.2) is 26.9 Å². The molecule has 0 radical (unpaired) electrons. The van der Waals surface area contributed by atoms with Gasteiger partial charge in [0.05, 0.1) is 29.4 Å². The Morgan fingerprint density at radius 3 is 2.87 bits per heavy atom. The summed E-state index contributed by atoms with van der Waals surface area (Å²) < 4.78 is 2.20. The van der Waals surface area contributed by atoms with Gasteiger partial charge in [-0.15, -0.1) is 11.3 Å². The molecule has 1 aliphatic heterocycles.